The Balaban J connectivity index is 1.44. The monoisotopic (exact) mass is 402 g/mol. The molecule has 2 amide bonds. The van der Waals surface area contributed by atoms with Crippen molar-refractivity contribution in [1.82, 2.24) is 4.90 Å². The summed E-state index contributed by atoms with van der Waals surface area (Å²) in [5, 5.41) is 3.09. The Morgan fingerprint density at radius 3 is 2.03 bits per heavy atom. The van der Waals surface area contributed by atoms with E-state index in [1.807, 2.05) is 32.0 Å². The van der Waals surface area contributed by atoms with Gasteiger partial charge in [-0.2, -0.15) is 0 Å². The number of likely N-dealkylation sites (tertiary alicyclic amines) is 1. The second-order valence-corrected chi connectivity index (χ2v) is 9.10. The summed E-state index contributed by atoms with van der Waals surface area (Å²) in [5.74, 6) is 0.379. The smallest absolute Gasteiger partial charge is 0.279 e. The zero-order valence-corrected chi connectivity index (χ0v) is 18.5. The maximum Gasteiger partial charge on any atom is 0.279 e. The molecule has 0 unspecified atom stereocenters. The Morgan fingerprint density at radius 2 is 1.48 bits per heavy atom. The highest BCUT2D eigenvalue weighted by Gasteiger charge is 2.33. The van der Waals surface area contributed by atoms with Gasteiger partial charge >= 0.3 is 0 Å². The minimum Gasteiger partial charge on any atom is -0.332 e. The molecule has 1 aromatic rings. The van der Waals surface area contributed by atoms with Crippen LogP contribution in [0.15, 0.2) is 18.2 Å². The van der Waals surface area contributed by atoms with Gasteiger partial charge in [-0.05, 0) is 58.1 Å². The zero-order valence-electron chi connectivity index (χ0n) is 18.5. The van der Waals surface area contributed by atoms with Crippen molar-refractivity contribution >= 4 is 17.5 Å². The number of carbonyl (C=O) groups excluding carboxylic acids is 2. The number of aryl methyl sites for hydroxylation is 2. The predicted molar refractivity (Wildman–Crippen MR) is 115 cm³/mol. The van der Waals surface area contributed by atoms with Crippen LogP contribution >= 0.6 is 0 Å². The molecule has 0 saturated carbocycles. The van der Waals surface area contributed by atoms with E-state index < -0.39 is 0 Å². The zero-order chi connectivity index (χ0) is 21.0. The molecule has 2 heterocycles. The van der Waals surface area contributed by atoms with Gasteiger partial charge in [0.15, 0.2) is 13.1 Å². The number of nitrogens with zero attached hydrogens (tertiary/aromatic N) is 1. The van der Waals surface area contributed by atoms with Gasteiger partial charge in [0.1, 0.15) is 26.2 Å². The van der Waals surface area contributed by atoms with Crippen LogP contribution in [0.2, 0.25) is 0 Å². The molecule has 2 saturated heterocycles. The van der Waals surface area contributed by atoms with Crippen molar-refractivity contribution < 1.29 is 19.4 Å². The van der Waals surface area contributed by atoms with Crippen LogP contribution in [0.1, 0.15) is 44.2 Å². The summed E-state index contributed by atoms with van der Waals surface area (Å²) in [5.41, 5.74) is 3.14. The fraction of sp³-hybridized carbons (Fsp3) is 0.652. The maximum atomic E-state index is 12.8. The van der Waals surface area contributed by atoms with Crippen molar-refractivity contribution in [3.8, 4) is 0 Å². The van der Waals surface area contributed by atoms with Crippen LogP contribution in [-0.4, -0.2) is 68.1 Å². The highest BCUT2D eigenvalue weighted by Crippen LogP contribution is 2.22. The molecular formula is C23H38N4O2+2. The lowest BCUT2D eigenvalue weighted by Crippen LogP contribution is -3.28. The number of rotatable bonds is 5. The summed E-state index contributed by atoms with van der Waals surface area (Å²) < 4.78 is 0. The van der Waals surface area contributed by atoms with E-state index in [1.54, 1.807) is 0 Å². The number of piperazine rings is 1. The lowest BCUT2D eigenvalue weighted by molar-refractivity contribution is -1.00. The Bertz CT molecular complexity index is 697. The molecule has 0 radical (unpaired) electrons. The minimum atomic E-state index is 0.0768. The first-order chi connectivity index (χ1) is 13.8. The van der Waals surface area contributed by atoms with Gasteiger partial charge < -0.3 is 20.0 Å². The Morgan fingerprint density at radius 1 is 0.966 bits per heavy atom. The van der Waals surface area contributed by atoms with E-state index in [1.165, 1.54) is 16.2 Å². The predicted octanol–water partition coefficient (Wildman–Crippen LogP) is -0.185. The number of benzene rings is 1. The lowest BCUT2D eigenvalue weighted by Gasteiger charge is -2.39. The molecule has 0 aromatic heterocycles. The molecule has 3 rings (SSSR count). The van der Waals surface area contributed by atoms with E-state index >= 15 is 0 Å². The first kappa shape index (κ1) is 21.8. The van der Waals surface area contributed by atoms with E-state index in [4.69, 9.17) is 0 Å². The van der Waals surface area contributed by atoms with Gasteiger partial charge in [0.2, 0.25) is 0 Å². The fourth-order valence-electron chi connectivity index (χ4n) is 4.95. The van der Waals surface area contributed by atoms with E-state index in [-0.39, 0.29) is 5.91 Å². The molecule has 2 fully saturated rings. The number of para-hydroxylation sites is 1. The van der Waals surface area contributed by atoms with Crippen LogP contribution in [0.4, 0.5) is 5.69 Å². The van der Waals surface area contributed by atoms with Crippen LogP contribution in [0.3, 0.4) is 0 Å². The average molecular weight is 403 g/mol. The fourth-order valence-corrected chi connectivity index (χ4v) is 4.95. The van der Waals surface area contributed by atoms with E-state index in [2.05, 4.69) is 24.1 Å². The van der Waals surface area contributed by atoms with Gasteiger partial charge in [-0.25, -0.2) is 0 Å². The van der Waals surface area contributed by atoms with E-state index in [0.717, 1.165) is 55.8 Å². The molecule has 0 bridgehead atoms. The summed E-state index contributed by atoms with van der Waals surface area (Å²) in [6, 6.07) is 6.80. The van der Waals surface area contributed by atoms with Crippen LogP contribution in [0.25, 0.3) is 0 Å². The van der Waals surface area contributed by atoms with Crippen LogP contribution in [-0.2, 0) is 9.59 Å². The summed E-state index contributed by atoms with van der Waals surface area (Å²) >= 11 is 0. The number of anilines is 1. The van der Waals surface area contributed by atoms with Gasteiger partial charge in [0.05, 0.1) is 0 Å². The van der Waals surface area contributed by atoms with Gasteiger partial charge in [-0.3, -0.25) is 9.59 Å². The molecule has 29 heavy (non-hydrogen) atoms. The molecule has 2 aliphatic heterocycles. The quantitative estimate of drug-likeness (QED) is 0.640. The molecule has 0 aliphatic carbocycles. The second-order valence-electron chi connectivity index (χ2n) is 9.10. The molecule has 1 aromatic carbocycles. The number of hydrogen-bond acceptors (Lipinski definition) is 2. The van der Waals surface area contributed by atoms with Crippen molar-refractivity contribution in [1.29, 1.82) is 0 Å². The lowest BCUT2D eigenvalue weighted by atomic mass is 9.97. The second kappa shape index (κ2) is 9.72. The normalized spacial score (nSPS) is 27.5. The first-order valence-electron chi connectivity index (χ1n) is 11.2. The van der Waals surface area contributed by atoms with E-state index in [0.29, 0.717) is 31.1 Å². The highest BCUT2D eigenvalue weighted by molar-refractivity contribution is 5.93. The summed E-state index contributed by atoms with van der Waals surface area (Å²) in [6.07, 6.45) is 3.47. The third kappa shape index (κ3) is 5.58. The molecule has 3 N–H and O–H groups in total. The minimum absolute atomic E-state index is 0.0768. The summed E-state index contributed by atoms with van der Waals surface area (Å²) in [7, 11) is 0. The van der Waals surface area contributed by atoms with Crippen LogP contribution in [0, 0.1) is 13.8 Å². The highest BCUT2D eigenvalue weighted by atomic mass is 16.2. The van der Waals surface area contributed by atoms with Crippen molar-refractivity contribution in [2.45, 2.75) is 59.0 Å². The third-order valence-corrected chi connectivity index (χ3v) is 6.70. The van der Waals surface area contributed by atoms with Gasteiger partial charge in [-0.15, -0.1) is 0 Å². The molecule has 0 spiro atoms. The summed E-state index contributed by atoms with van der Waals surface area (Å²) in [4.78, 5) is 30.2. The number of hydrogen-bond donors (Lipinski definition) is 3. The number of nitrogens with one attached hydrogen (secondary N) is 3. The van der Waals surface area contributed by atoms with Crippen molar-refractivity contribution in [3.63, 3.8) is 0 Å². The largest absolute Gasteiger partial charge is 0.332 e. The molecule has 2 atom stereocenters. The van der Waals surface area contributed by atoms with Crippen molar-refractivity contribution in [2.75, 3.05) is 44.6 Å². The summed E-state index contributed by atoms with van der Waals surface area (Å²) in [6.45, 7) is 13.3. The van der Waals surface area contributed by atoms with Crippen LogP contribution < -0.4 is 15.1 Å². The first-order valence-corrected chi connectivity index (χ1v) is 11.2. The Labute approximate surface area is 175 Å². The molecule has 2 aliphatic rings. The average Bonchev–Trinajstić information content (AvgIpc) is 2.66. The number of carbonyl (C=O) groups is 2. The Hall–Kier alpha value is -1.92. The molecule has 6 nitrogen and oxygen atoms in total. The van der Waals surface area contributed by atoms with Gasteiger partial charge in [0, 0.05) is 17.8 Å². The molecule has 6 heteroatoms. The van der Waals surface area contributed by atoms with Crippen molar-refractivity contribution in [3.05, 3.63) is 29.3 Å². The van der Waals surface area contributed by atoms with Crippen LogP contribution in [0.5, 0.6) is 0 Å². The standard InChI is InChI=1S/C23H36N4O2/c1-17-7-5-8-18(2)23(17)24-21(28)15-25-11-13-26(14-12-25)16-22(29)27-19(3)9-6-10-20(27)4/h5,7-8,19-20H,6,9-16H2,1-4H3,(H,24,28)/p+2/t19-,20-/m1/s1. The van der Waals surface area contributed by atoms with Gasteiger partial charge in [0.25, 0.3) is 11.8 Å². The van der Waals surface area contributed by atoms with E-state index in [9.17, 15) is 9.59 Å². The molecule has 160 valence electrons. The number of amides is 2. The third-order valence-electron chi connectivity index (χ3n) is 6.70. The number of quaternary nitrogens is 2. The number of piperidine rings is 1. The Kier molecular flexibility index (Phi) is 7.30. The maximum absolute atomic E-state index is 12.8. The van der Waals surface area contributed by atoms with Gasteiger partial charge in [-0.1, -0.05) is 18.2 Å². The molecular weight excluding hydrogens is 364 g/mol. The topological polar surface area (TPSA) is 58.3 Å². The SMILES string of the molecule is Cc1cccc(C)c1NC(=O)C[NH+]1CC[NH+](CC(=O)N2[C@H](C)CCC[C@H]2C)CC1. The van der Waals surface area contributed by atoms with Crippen molar-refractivity contribution in [2.24, 2.45) is 0 Å².